The first kappa shape index (κ1) is 32.0. The normalized spacial score (nSPS) is 11.4. The minimum Gasteiger partial charge on any atom is -0.492 e. The molecule has 0 saturated carbocycles. The fourth-order valence-corrected chi connectivity index (χ4v) is 4.41. The van der Waals surface area contributed by atoms with Crippen molar-refractivity contribution < 1.29 is 38.0 Å². The van der Waals surface area contributed by atoms with Crippen molar-refractivity contribution in [2.45, 2.75) is 32.3 Å². The molecule has 9 heteroatoms. The van der Waals surface area contributed by atoms with Crippen LogP contribution < -0.4 is 14.2 Å². The van der Waals surface area contributed by atoms with Crippen molar-refractivity contribution in [2.75, 3.05) is 26.3 Å². The fraction of sp³-hybridized carbons (Fsp3) is 0.257. The Morgan fingerprint density at radius 2 is 1.39 bits per heavy atom. The van der Waals surface area contributed by atoms with Crippen LogP contribution in [-0.2, 0) is 22.4 Å². The summed E-state index contributed by atoms with van der Waals surface area (Å²) in [5.41, 5.74) is 1.78. The first-order valence-corrected chi connectivity index (χ1v) is 14.5. The Bertz CT molecular complexity index is 1450. The highest BCUT2D eigenvalue weighted by Crippen LogP contribution is 2.24. The number of carbonyl (C=O) groups is 2. The highest BCUT2D eigenvalue weighted by Gasteiger charge is 2.19. The van der Waals surface area contributed by atoms with Gasteiger partial charge in [-0.25, -0.2) is 14.0 Å². The number of halogens is 1. The molecule has 0 spiro atoms. The first-order chi connectivity index (χ1) is 21.4. The van der Waals surface area contributed by atoms with E-state index in [0.717, 1.165) is 11.1 Å². The Balaban J connectivity index is 1.33. The van der Waals surface area contributed by atoms with Crippen molar-refractivity contribution in [3.8, 4) is 23.0 Å². The molecule has 0 aliphatic rings. The maximum atomic E-state index is 13.3. The third kappa shape index (κ3) is 10.4. The summed E-state index contributed by atoms with van der Waals surface area (Å²) in [4.78, 5) is 26.1. The number of rotatable bonds is 16. The number of aryl methyl sites for hydroxylation is 1. The topological polar surface area (TPSA) is 94.5 Å². The van der Waals surface area contributed by atoms with Gasteiger partial charge >= 0.3 is 12.1 Å². The zero-order valence-electron chi connectivity index (χ0n) is 24.6. The molecule has 8 nitrogen and oxygen atoms in total. The van der Waals surface area contributed by atoms with Crippen LogP contribution in [0, 0.1) is 5.82 Å². The van der Waals surface area contributed by atoms with Crippen molar-refractivity contribution in [2.24, 2.45) is 0 Å². The molecule has 0 radical (unpaired) electrons. The van der Waals surface area contributed by atoms with Crippen molar-refractivity contribution in [1.82, 2.24) is 4.90 Å². The van der Waals surface area contributed by atoms with Gasteiger partial charge in [0.1, 0.15) is 35.4 Å². The molecule has 1 atom stereocenters. The molecule has 1 amide bonds. The number of carboxylic acid groups (broad SMARTS) is 1. The summed E-state index contributed by atoms with van der Waals surface area (Å²) < 4.78 is 35.9. The van der Waals surface area contributed by atoms with E-state index in [1.165, 1.54) is 12.1 Å². The second-order valence-corrected chi connectivity index (χ2v) is 9.95. The van der Waals surface area contributed by atoms with Gasteiger partial charge in [0, 0.05) is 19.6 Å². The Morgan fingerprint density at radius 3 is 2.05 bits per heavy atom. The van der Waals surface area contributed by atoms with Crippen molar-refractivity contribution in [3.63, 3.8) is 0 Å². The van der Waals surface area contributed by atoms with Gasteiger partial charge in [-0.1, -0.05) is 42.5 Å². The number of hydrogen-bond donors (Lipinski definition) is 1. The van der Waals surface area contributed by atoms with E-state index in [-0.39, 0.29) is 25.4 Å². The van der Waals surface area contributed by atoms with Crippen LogP contribution in [0.25, 0.3) is 0 Å². The summed E-state index contributed by atoms with van der Waals surface area (Å²) in [6.45, 7) is 2.96. The number of nitrogens with zero attached hydrogens (tertiary/aromatic N) is 1. The molecule has 4 aromatic rings. The molecule has 0 aliphatic carbocycles. The molecular formula is C35H36FNO7. The molecule has 0 aliphatic heterocycles. The summed E-state index contributed by atoms with van der Waals surface area (Å²) >= 11 is 0. The van der Waals surface area contributed by atoms with E-state index in [9.17, 15) is 19.1 Å². The van der Waals surface area contributed by atoms with Gasteiger partial charge in [-0.15, -0.1) is 0 Å². The van der Waals surface area contributed by atoms with Crippen molar-refractivity contribution in [3.05, 3.63) is 120 Å². The lowest BCUT2D eigenvalue weighted by Gasteiger charge is -2.22. The fourth-order valence-electron chi connectivity index (χ4n) is 4.41. The maximum Gasteiger partial charge on any atom is 0.415 e. The zero-order chi connectivity index (χ0) is 31.1. The smallest absolute Gasteiger partial charge is 0.415 e. The highest BCUT2D eigenvalue weighted by atomic mass is 19.1. The highest BCUT2D eigenvalue weighted by molar-refractivity contribution is 5.72. The summed E-state index contributed by atoms with van der Waals surface area (Å²) in [7, 11) is 0. The first-order valence-electron chi connectivity index (χ1n) is 14.5. The number of carboxylic acids is 1. The minimum atomic E-state index is -1.00. The second kappa shape index (κ2) is 16.7. The van der Waals surface area contributed by atoms with Gasteiger partial charge < -0.3 is 29.0 Å². The average Bonchev–Trinajstić information content (AvgIpc) is 3.03. The Hall–Kier alpha value is -4.89. The van der Waals surface area contributed by atoms with E-state index in [4.69, 9.17) is 18.9 Å². The van der Waals surface area contributed by atoms with E-state index < -0.39 is 18.2 Å². The van der Waals surface area contributed by atoms with E-state index in [1.807, 2.05) is 30.3 Å². The second-order valence-electron chi connectivity index (χ2n) is 9.95. The van der Waals surface area contributed by atoms with Gasteiger partial charge in [0.2, 0.25) is 0 Å². The summed E-state index contributed by atoms with van der Waals surface area (Å²) in [5, 5.41) is 9.32. The predicted octanol–water partition coefficient (Wildman–Crippen LogP) is 7.16. The van der Waals surface area contributed by atoms with Gasteiger partial charge in [0.25, 0.3) is 0 Å². The molecule has 0 heterocycles. The van der Waals surface area contributed by atoms with Gasteiger partial charge in [-0.2, -0.15) is 0 Å². The lowest BCUT2D eigenvalue weighted by molar-refractivity contribution is -0.149. The molecule has 230 valence electrons. The lowest BCUT2D eigenvalue weighted by atomic mass is 10.1. The van der Waals surface area contributed by atoms with Crippen molar-refractivity contribution >= 4 is 12.1 Å². The van der Waals surface area contributed by atoms with E-state index >= 15 is 0 Å². The van der Waals surface area contributed by atoms with Crippen LogP contribution >= 0.6 is 0 Å². The number of carbonyl (C=O) groups excluding carboxylic acids is 1. The van der Waals surface area contributed by atoms with Gasteiger partial charge in [-0.05, 0) is 91.6 Å². The molecule has 4 aromatic carbocycles. The molecule has 0 aromatic heterocycles. The number of para-hydroxylation sites is 1. The van der Waals surface area contributed by atoms with E-state index in [0.29, 0.717) is 49.0 Å². The van der Waals surface area contributed by atoms with Crippen LogP contribution in [0.5, 0.6) is 23.0 Å². The SMILES string of the molecule is CCOC(Cc1ccc(OCCN(CCCc2ccc(F)cc2)C(=O)Oc2ccc(Oc3ccccc3)cc2)cc1)C(=O)O. The molecule has 44 heavy (non-hydrogen) atoms. The molecule has 0 fully saturated rings. The monoisotopic (exact) mass is 601 g/mol. The number of hydrogen-bond acceptors (Lipinski definition) is 6. The van der Waals surface area contributed by atoms with E-state index in [2.05, 4.69) is 0 Å². The average molecular weight is 602 g/mol. The molecule has 0 saturated heterocycles. The number of ether oxygens (including phenoxy) is 4. The predicted molar refractivity (Wildman–Crippen MR) is 164 cm³/mol. The molecule has 4 rings (SSSR count). The number of benzene rings is 4. The van der Waals surface area contributed by atoms with Gasteiger partial charge in [0.15, 0.2) is 6.10 Å². The molecule has 0 bridgehead atoms. The van der Waals surface area contributed by atoms with E-state index in [1.54, 1.807) is 72.5 Å². The summed E-state index contributed by atoms with van der Waals surface area (Å²) in [6.07, 6.45) is 0.126. The largest absolute Gasteiger partial charge is 0.492 e. The summed E-state index contributed by atoms with van der Waals surface area (Å²) in [6, 6.07) is 29.6. The standard InChI is InChI=1S/C35H36FNO7/c1-2-41-33(34(38)39)25-27-12-16-29(17-13-27)42-24-23-37(22-6-7-26-10-14-28(36)15-11-26)35(40)44-32-20-18-31(19-21-32)43-30-8-4-3-5-9-30/h3-5,8-21,33H,2,6-7,22-25H2,1H3,(H,38,39). The molecule has 1 N–H and O–H groups in total. The zero-order valence-corrected chi connectivity index (χ0v) is 24.6. The number of amides is 1. The third-order valence-corrected chi connectivity index (χ3v) is 6.69. The third-order valence-electron chi connectivity index (χ3n) is 6.69. The van der Waals surface area contributed by atoms with Gasteiger partial charge in [0.05, 0.1) is 6.54 Å². The Kier molecular flexibility index (Phi) is 12.1. The minimum absolute atomic E-state index is 0.214. The van der Waals surface area contributed by atoms with Crippen LogP contribution in [0.4, 0.5) is 9.18 Å². The van der Waals surface area contributed by atoms with Crippen LogP contribution in [0.2, 0.25) is 0 Å². The molecule has 1 unspecified atom stereocenters. The number of aliphatic carboxylic acids is 1. The molecular weight excluding hydrogens is 565 g/mol. The Labute approximate surface area is 256 Å². The lowest BCUT2D eigenvalue weighted by Crippen LogP contribution is -2.37. The van der Waals surface area contributed by atoms with Gasteiger partial charge in [-0.3, -0.25) is 0 Å². The van der Waals surface area contributed by atoms with Crippen LogP contribution in [0.1, 0.15) is 24.5 Å². The van der Waals surface area contributed by atoms with Crippen LogP contribution in [-0.4, -0.2) is 54.5 Å². The quantitative estimate of drug-likeness (QED) is 0.146. The Morgan fingerprint density at radius 1 is 0.773 bits per heavy atom. The van der Waals surface area contributed by atoms with Crippen LogP contribution in [0.3, 0.4) is 0 Å². The maximum absolute atomic E-state index is 13.3. The van der Waals surface area contributed by atoms with Crippen molar-refractivity contribution in [1.29, 1.82) is 0 Å². The summed E-state index contributed by atoms with van der Waals surface area (Å²) in [5.74, 6) is 0.986. The van der Waals surface area contributed by atoms with Crippen LogP contribution in [0.15, 0.2) is 103 Å².